The fourth-order valence-corrected chi connectivity index (χ4v) is 3.86. The molecular formula is C24H42N10O6S. The number of carbonyl (C=O) groups is 5. The van der Waals surface area contributed by atoms with Crippen LogP contribution >= 0.6 is 12.6 Å². The van der Waals surface area contributed by atoms with Crippen LogP contribution in [-0.2, 0) is 30.4 Å². The van der Waals surface area contributed by atoms with Crippen molar-refractivity contribution < 1.29 is 29.1 Å². The van der Waals surface area contributed by atoms with E-state index in [1.54, 1.807) is 0 Å². The van der Waals surface area contributed by atoms with Crippen LogP contribution in [0.4, 0.5) is 0 Å². The lowest BCUT2D eigenvalue weighted by Crippen LogP contribution is -2.59. The van der Waals surface area contributed by atoms with Crippen LogP contribution in [0.15, 0.2) is 17.5 Å². The molecule has 5 atom stereocenters. The largest absolute Gasteiger partial charge is 0.480 e. The van der Waals surface area contributed by atoms with Gasteiger partial charge in [0.05, 0.1) is 12.4 Å². The summed E-state index contributed by atoms with van der Waals surface area (Å²) in [4.78, 5) is 73.7. The number of thiol groups is 1. The number of H-pyrrole nitrogens is 1. The Balaban J connectivity index is 2.97. The van der Waals surface area contributed by atoms with Gasteiger partial charge in [-0.1, -0.05) is 13.8 Å². The van der Waals surface area contributed by atoms with Gasteiger partial charge in [0.1, 0.15) is 24.2 Å². The van der Waals surface area contributed by atoms with Crippen molar-refractivity contribution in [1.29, 1.82) is 0 Å². The van der Waals surface area contributed by atoms with Gasteiger partial charge in [0.25, 0.3) is 0 Å². The fourth-order valence-electron chi connectivity index (χ4n) is 3.60. The lowest BCUT2D eigenvalue weighted by atomic mass is 10.0. The molecular weight excluding hydrogens is 556 g/mol. The Labute approximate surface area is 243 Å². The third-order valence-electron chi connectivity index (χ3n) is 5.74. The summed E-state index contributed by atoms with van der Waals surface area (Å²) in [6.45, 7) is 5.30. The third kappa shape index (κ3) is 13.4. The molecule has 16 nitrogen and oxygen atoms in total. The number of carbonyl (C=O) groups excluding carboxylic acids is 4. The normalized spacial score (nSPS) is 14.6. The number of hydrogen-bond donors (Lipinski definition) is 10. The van der Waals surface area contributed by atoms with Gasteiger partial charge in [-0.05, 0) is 32.1 Å². The number of carboxylic acids is 1. The average molecular weight is 599 g/mol. The molecule has 0 bridgehead atoms. The lowest BCUT2D eigenvalue weighted by Gasteiger charge is -2.26. The number of aromatic amines is 1. The van der Waals surface area contributed by atoms with E-state index in [0.717, 1.165) is 0 Å². The summed E-state index contributed by atoms with van der Waals surface area (Å²) < 4.78 is 0. The minimum atomic E-state index is -1.25. The standard InChI is InChI=1S/C24H42N10O6S/c1-12(2)7-16(20(36)31-15(23(39)40)5-4-6-29-24(26)27)33-22(38)18(10-41)34-21(37)17(32-19(35)13(3)25)8-14-9-28-11-30-14/h9,11-13,15-18,41H,4-8,10,25H2,1-3H3,(H,28,30)(H,31,36)(H,32,35)(H,33,38)(H,34,37)(H,39,40)(H4,26,27,29). The van der Waals surface area contributed by atoms with Gasteiger partial charge in [-0.2, -0.15) is 12.6 Å². The van der Waals surface area contributed by atoms with Crippen molar-refractivity contribution in [3.8, 4) is 0 Å². The van der Waals surface area contributed by atoms with Crippen LogP contribution in [0.25, 0.3) is 0 Å². The molecule has 0 aliphatic carbocycles. The van der Waals surface area contributed by atoms with Crippen molar-refractivity contribution in [2.24, 2.45) is 28.1 Å². The summed E-state index contributed by atoms with van der Waals surface area (Å²) in [5, 5.41) is 19.7. The van der Waals surface area contributed by atoms with E-state index in [9.17, 15) is 29.1 Å². The number of nitrogens with one attached hydrogen (secondary N) is 5. The molecule has 0 aromatic carbocycles. The van der Waals surface area contributed by atoms with Crippen molar-refractivity contribution in [3.05, 3.63) is 18.2 Å². The number of guanidine groups is 1. The number of aromatic nitrogens is 2. The first-order chi connectivity index (χ1) is 19.2. The molecule has 1 aromatic heterocycles. The van der Waals surface area contributed by atoms with Crippen LogP contribution in [0.3, 0.4) is 0 Å². The van der Waals surface area contributed by atoms with Gasteiger partial charge >= 0.3 is 5.97 Å². The Kier molecular flexibility index (Phi) is 15.2. The second kappa shape index (κ2) is 17.8. The molecule has 17 heteroatoms. The first-order valence-electron chi connectivity index (χ1n) is 13.1. The summed E-state index contributed by atoms with van der Waals surface area (Å²) >= 11 is 4.17. The van der Waals surface area contributed by atoms with Gasteiger partial charge in [-0.15, -0.1) is 0 Å². The SMILES string of the molecule is CC(C)CC(NC(=O)C(CS)NC(=O)C(Cc1cnc[nH]1)NC(=O)C(C)N)C(=O)NC(CCCN=C(N)N)C(=O)O. The van der Waals surface area contributed by atoms with E-state index < -0.39 is 59.8 Å². The fraction of sp³-hybridized carbons (Fsp3) is 0.625. The highest BCUT2D eigenvalue weighted by molar-refractivity contribution is 7.80. The Morgan fingerprint density at radius 3 is 2.02 bits per heavy atom. The van der Waals surface area contributed by atoms with E-state index >= 15 is 0 Å². The zero-order valence-corrected chi connectivity index (χ0v) is 24.3. The van der Waals surface area contributed by atoms with E-state index in [2.05, 4.69) is 48.9 Å². The topological polar surface area (TPSA) is 273 Å². The van der Waals surface area contributed by atoms with Crippen LogP contribution in [0.1, 0.15) is 45.7 Å². The molecule has 0 spiro atoms. The number of amides is 4. The van der Waals surface area contributed by atoms with Crippen LogP contribution in [0.2, 0.25) is 0 Å². The maximum atomic E-state index is 13.1. The van der Waals surface area contributed by atoms with Gasteiger partial charge in [-0.3, -0.25) is 24.2 Å². The molecule has 4 amide bonds. The number of rotatable bonds is 18. The van der Waals surface area contributed by atoms with E-state index in [1.807, 2.05) is 13.8 Å². The first kappa shape index (κ1) is 35.2. The average Bonchev–Trinajstić information content (AvgIpc) is 3.40. The smallest absolute Gasteiger partial charge is 0.326 e. The maximum Gasteiger partial charge on any atom is 0.326 e. The first-order valence-corrected chi connectivity index (χ1v) is 13.7. The summed E-state index contributed by atoms with van der Waals surface area (Å²) in [6.07, 6.45) is 3.49. The molecule has 0 saturated carbocycles. The van der Waals surface area contributed by atoms with E-state index in [4.69, 9.17) is 17.2 Å². The Morgan fingerprint density at radius 2 is 1.51 bits per heavy atom. The monoisotopic (exact) mass is 598 g/mol. The molecule has 0 aliphatic rings. The molecule has 5 unspecified atom stereocenters. The minimum absolute atomic E-state index is 0.0450. The van der Waals surface area contributed by atoms with Gasteiger partial charge in [0.2, 0.25) is 23.6 Å². The molecule has 1 aromatic rings. The highest BCUT2D eigenvalue weighted by Gasteiger charge is 2.31. The van der Waals surface area contributed by atoms with Crippen LogP contribution in [-0.4, -0.2) is 93.1 Å². The predicted octanol–water partition coefficient (Wildman–Crippen LogP) is -2.65. The molecule has 1 rings (SSSR count). The number of aliphatic imine (C=N–C) groups is 1. The maximum absolute atomic E-state index is 13.1. The minimum Gasteiger partial charge on any atom is -0.480 e. The number of aliphatic carboxylic acids is 1. The Morgan fingerprint density at radius 1 is 0.951 bits per heavy atom. The van der Waals surface area contributed by atoms with Crippen LogP contribution in [0.5, 0.6) is 0 Å². The second-order valence-corrected chi connectivity index (χ2v) is 10.3. The number of hydrogen-bond acceptors (Lipinski definition) is 9. The number of carboxylic acid groups (broad SMARTS) is 1. The van der Waals surface area contributed by atoms with Gasteiger partial charge in [0, 0.05) is 30.6 Å². The van der Waals surface area contributed by atoms with Crippen molar-refractivity contribution >= 4 is 48.2 Å². The summed E-state index contributed by atoms with van der Waals surface area (Å²) in [5.41, 5.74) is 16.7. The molecule has 0 fully saturated rings. The molecule has 1 heterocycles. The van der Waals surface area contributed by atoms with Crippen molar-refractivity contribution in [1.82, 2.24) is 31.2 Å². The van der Waals surface area contributed by atoms with Crippen molar-refractivity contribution in [3.63, 3.8) is 0 Å². The highest BCUT2D eigenvalue weighted by Crippen LogP contribution is 2.08. The quantitative estimate of drug-likeness (QED) is 0.0363. The van der Waals surface area contributed by atoms with Gasteiger partial charge < -0.3 is 48.6 Å². The zero-order valence-electron chi connectivity index (χ0n) is 23.4. The second-order valence-electron chi connectivity index (χ2n) is 9.91. The summed E-state index contributed by atoms with van der Waals surface area (Å²) in [5.74, 6) is -4.23. The van der Waals surface area contributed by atoms with Crippen molar-refractivity contribution in [2.45, 2.75) is 76.7 Å². The number of nitrogens with two attached hydrogens (primary N) is 3. The summed E-state index contributed by atoms with van der Waals surface area (Å²) in [7, 11) is 0. The summed E-state index contributed by atoms with van der Waals surface area (Å²) in [6, 6.07) is -5.48. The molecule has 41 heavy (non-hydrogen) atoms. The zero-order chi connectivity index (χ0) is 31.1. The Hall–Kier alpha value is -3.86. The Bertz CT molecular complexity index is 1050. The molecule has 0 radical (unpaired) electrons. The number of imidazole rings is 1. The third-order valence-corrected chi connectivity index (χ3v) is 6.11. The predicted molar refractivity (Wildman–Crippen MR) is 155 cm³/mol. The van der Waals surface area contributed by atoms with Gasteiger partial charge in [0.15, 0.2) is 5.96 Å². The molecule has 12 N–H and O–H groups in total. The number of nitrogens with zero attached hydrogens (tertiary/aromatic N) is 2. The van der Waals surface area contributed by atoms with Gasteiger partial charge in [-0.25, -0.2) is 9.78 Å². The van der Waals surface area contributed by atoms with E-state index in [-0.39, 0.29) is 43.4 Å². The van der Waals surface area contributed by atoms with Crippen LogP contribution < -0.4 is 38.5 Å². The molecule has 0 saturated heterocycles. The van der Waals surface area contributed by atoms with Crippen molar-refractivity contribution in [2.75, 3.05) is 12.3 Å². The molecule has 0 aliphatic heterocycles. The van der Waals surface area contributed by atoms with E-state index in [0.29, 0.717) is 12.1 Å². The van der Waals surface area contributed by atoms with E-state index in [1.165, 1.54) is 19.4 Å². The lowest BCUT2D eigenvalue weighted by molar-refractivity contribution is -0.142. The highest BCUT2D eigenvalue weighted by atomic mass is 32.1. The van der Waals surface area contributed by atoms with Crippen LogP contribution in [0, 0.1) is 5.92 Å². The molecule has 230 valence electrons.